The molecule has 1 saturated carbocycles. The van der Waals surface area contributed by atoms with Gasteiger partial charge in [-0.3, -0.25) is 0 Å². The lowest BCUT2D eigenvalue weighted by atomic mass is 9.96. The molecule has 0 radical (unpaired) electrons. The average Bonchev–Trinajstić information content (AvgIpc) is 3.32. The van der Waals surface area contributed by atoms with Gasteiger partial charge in [0.25, 0.3) is 0 Å². The normalized spacial score (nSPS) is 16.1. The van der Waals surface area contributed by atoms with E-state index < -0.39 is 10.0 Å². The first-order chi connectivity index (χ1) is 12.4. The molecular weight excluding hydrogens is 351 g/mol. The van der Waals surface area contributed by atoms with Crippen LogP contribution >= 0.6 is 0 Å². The van der Waals surface area contributed by atoms with Gasteiger partial charge in [0.15, 0.2) is 0 Å². The lowest BCUT2D eigenvalue weighted by Crippen LogP contribution is -2.32. The predicted octanol–water partition coefficient (Wildman–Crippen LogP) is 3.88. The number of aryl methyl sites for hydroxylation is 1. The van der Waals surface area contributed by atoms with Crippen LogP contribution in [0.4, 0.5) is 4.39 Å². The first-order valence-electron chi connectivity index (χ1n) is 8.79. The summed E-state index contributed by atoms with van der Waals surface area (Å²) in [4.78, 5) is 3.38. The van der Waals surface area contributed by atoms with Crippen molar-refractivity contribution < 1.29 is 12.8 Å². The first-order valence-corrected chi connectivity index (χ1v) is 10.3. The number of benzene rings is 2. The minimum atomic E-state index is -3.55. The van der Waals surface area contributed by atoms with Crippen molar-refractivity contribution in [1.82, 2.24) is 9.71 Å². The zero-order chi connectivity index (χ0) is 18.4. The van der Waals surface area contributed by atoms with Crippen LogP contribution in [0.1, 0.15) is 30.9 Å². The third-order valence-electron chi connectivity index (χ3n) is 5.31. The number of halogens is 1. The molecule has 0 unspecified atom stereocenters. The second kappa shape index (κ2) is 6.21. The Bertz CT molecular complexity index is 1050. The second-order valence-electron chi connectivity index (χ2n) is 6.99. The number of hydrogen-bond donors (Lipinski definition) is 2. The Morgan fingerprint density at radius 3 is 2.54 bits per heavy atom. The van der Waals surface area contributed by atoms with Crippen LogP contribution in [0.25, 0.3) is 10.9 Å². The van der Waals surface area contributed by atoms with Crippen molar-refractivity contribution >= 4 is 20.9 Å². The molecule has 136 valence electrons. The molecule has 0 spiro atoms. The lowest BCUT2D eigenvalue weighted by Gasteiger charge is -2.16. The summed E-state index contributed by atoms with van der Waals surface area (Å²) in [6.07, 6.45) is 4.57. The van der Waals surface area contributed by atoms with Gasteiger partial charge in [-0.15, -0.1) is 0 Å². The Labute approximate surface area is 152 Å². The maximum atomic E-state index is 13.4. The van der Waals surface area contributed by atoms with E-state index in [1.54, 1.807) is 18.2 Å². The summed E-state index contributed by atoms with van der Waals surface area (Å²) < 4.78 is 41.4. The van der Waals surface area contributed by atoms with E-state index in [1.807, 2.05) is 25.3 Å². The third kappa shape index (κ3) is 3.04. The number of aromatic nitrogens is 1. The van der Waals surface area contributed by atoms with Crippen molar-refractivity contribution in [1.29, 1.82) is 0 Å². The summed E-state index contributed by atoms with van der Waals surface area (Å²) in [6, 6.07) is 11.6. The Balaban J connectivity index is 1.56. The molecule has 2 N–H and O–H groups in total. The van der Waals surface area contributed by atoms with Crippen molar-refractivity contribution in [3.63, 3.8) is 0 Å². The summed E-state index contributed by atoms with van der Waals surface area (Å²) in [6.45, 7) is 2.38. The van der Waals surface area contributed by atoms with Gasteiger partial charge in [-0.2, -0.15) is 0 Å². The van der Waals surface area contributed by atoms with Crippen LogP contribution < -0.4 is 4.72 Å². The predicted molar refractivity (Wildman–Crippen MR) is 100 cm³/mol. The van der Waals surface area contributed by atoms with E-state index in [1.165, 1.54) is 12.1 Å². The van der Waals surface area contributed by atoms with Crippen LogP contribution in [0, 0.1) is 5.82 Å². The van der Waals surface area contributed by atoms with Gasteiger partial charge in [-0.1, -0.05) is 19.1 Å². The van der Waals surface area contributed by atoms with Crippen LogP contribution in [0.15, 0.2) is 53.6 Å². The number of sulfonamides is 1. The molecule has 0 saturated heterocycles. The monoisotopic (exact) mass is 372 g/mol. The van der Waals surface area contributed by atoms with Crippen molar-refractivity contribution in [2.24, 2.45) is 0 Å². The molecule has 0 bridgehead atoms. The maximum Gasteiger partial charge on any atom is 0.240 e. The van der Waals surface area contributed by atoms with Gasteiger partial charge in [0.1, 0.15) is 5.82 Å². The molecule has 0 amide bonds. The van der Waals surface area contributed by atoms with Crippen molar-refractivity contribution in [2.75, 3.05) is 6.54 Å². The minimum absolute atomic E-state index is 0.216. The van der Waals surface area contributed by atoms with E-state index in [9.17, 15) is 12.8 Å². The summed E-state index contributed by atoms with van der Waals surface area (Å²) in [5.41, 5.74) is 2.68. The van der Waals surface area contributed by atoms with Gasteiger partial charge in [-0.25, -0.2) is 17.5 Å². The van der Waals surface area contributed by atoms with Crippen molar-refractivity contribution in [3.05, 3.63) is 65.6 Å². The number of hydrogen-bond acceptors (Lipinski definition) is 2. The quantitative estimate of drug-likeness (QED) is 0.690. The zero-order valence-electron chi connectivity index (χ0n) is 14.5. The fourth-order valence-electron chi connectivity index (χ4n) is 3.45. The van der Waals surface area contributed by atoms with Gasteiger partial charge in [0.05, 0.1) is 4.90 Å². The number of H-pyrrole nitrogens is 1. The van der Waals surface area contributed by atoms with E-state index >= 15 is 0 Å². The molecule has 2 aromatic carbocycles. The molecule has 3 aromatic rings. The van der Waals surface area contributed by atoms with Crippen LogP contribution in [0.3, 0.4) is 0 Å². The fraction of sp³-hybridized carbons (Fsp3) is 0.300. The molecule has 6 heteroatoms. The topological polar surface area (TPSA) is 62.0 Å². The zero-order valence-corrected chi connectivity index (χ0v) is 15.4. The molecule has 1 aliphatic carbocycles. The first kappa shape index (κ1) is 17.2. The van der Waals surface area contributed by atoms with E-state index in [4.69, 9.17) is 0 Å². The smallest absolute Gasteiger partial charge is 0.240 e. The van der Waals surface area contributed by atoms with Gasteiger partial charge >= 0.3 is 0 Å². The molecule has 0 aliphatic heterocycles. The van der Waals surface area contributed by atoms with Gasteiger partial charge < -0.3 is 4.98 Å². The van der Waals surface area contributed by atoms with Crippen LogP contribution in [0.5, 0.6) is 0 Å². The standard InChI is InChI=1S/C20H21FN2O2S/c1-2-14-3-6-16(7-4-14)26(24,25)23-13-20(9-10-20)18-12-22-19-11-15(21)5-8-17(18)19/h3-8,11-12,22-23H,2,9-10,13H2,1H3. The maximum absolute atomic E-state index is 13.4. The van der Waals surface area contributed by atoms with Gasteiger partial charge in [-0.05, 0) is 60.7 Å². The molecular formula is C20H21FN2O2S. The van der Waals surface area contributed by atoms with E-state index in [0.717, 1.165) is 41.3 Å². The molecule has 0 atom stereocenters. The Kier molecular flexibility index (Phi) is 4.12. The van der Waals surface area contributed by atoms with Gasteiger partial charge in [0, 0.05) is 29.1 Å². The summed E-state index contributed by atoms with van der Waals surface area (Å²) in [7, 11) is -3.55. The third-order valence-corrected chi connectivity index (χ3v) is 6.73. The Morgan fingerprint density at radius 1 is 1.15 bits per heavy atom. The summed E-state index contributed by atoms with van der Waals surface area (Å²) in [5, 5.41) is 0.954. The molecule has 26 heavy (non-hydrogen) atoms. The highest BCUT2D eigenvalue weighted by Gasteiger charge is 2.46. The minimum Gasteiger partial charge on any atom is -0.361 e. The highest BCUT2D eigenvalue weighted by atomic mass is 32.2. The molecule has 1 aliphatic rings. The highest BCUT2D eigenvalue weighted by Crippen LogP contribution is 2.50. The van der Waals surface area contributed by atoms with E-state index in [-0.39, 0.29) is 16.1 Å². The Morgan fingerprint density at radius 2 is 1.88 bits per heavy atom. The van der Waals surface area contributed by atoms with E-state index in [2.05, 4.69) is 9.71 Å². The molecule has 1 heterocycles. The number of rotatable bonds is 6. The SMILES string of the molecule is CCc1ccc(S(=O)(=O)NCC2(c3c[nH]c4cc(F)ccc34)CC2)cc1. The fourth-order valence-corrected chi connectivity index (χ4v) is 4.58. The van der Waals surface area contributed by atoms with Crippen LogP contribution in [-0.2, 0) is 21.9 Å². The van der Waals surface area contributed by atoms with E-state index in [0.29, 0.717) is 6.54 Å². The lowest BCUT2D eigenvalue weighted by molar-refractivity contribution is 0.567. The van der Waals surface area contributed by atoms with Crippen LogP contribution in [0.2, 0.25) is 0 Å². The molecule has 1 aromatic heterocycles. The Hall–Kier alpha value is -2.18. The van der Waals surface area contributed by atoms with Crippen LogP contribution in [-0.4, -0.2) is 19.9 Å². The molecule has 4 nitrogen and oxygen atoms in total. The number of fused-ring (bicyclic) bond motifs is 1. The second-order valence-corrected chi connectivity index (χ2v) is 8.76. The number of nitrogens with one attached hydrogen (secondary N) is 2. The summed E-state index contributed by atoms with van der Waals surface area (Å²) >= 11 is 0. The average molecular weight is 372 g/mol. The van der Waals surface area contributed by atoms with Crippen molar-refractivity contribution in [3.8, 4) is 0 Å². The molecule has 4 rings (SSSR count). The number of aromatic amines is 1. The largest absolute Gasteiger partial charge is 0.361 e. The van der Waals surface area contributed by atoms with Gasteiger partial charge in [0.2, 0.25) is 10.0 Å². The molecule has 1 fully saturated rings. The highest BCUT2D eigenvalue weighted by molar-refractivity contribution is 7.89. The van der Waals surface area contributed by atoms with Crippen molar-refractivity contribution in [2.45, 2.75) is 36.5 Å². The summed E-state index contributed by atoms with van der Waals surface area (Å²) in [5.74, 6) is -0.285.